The SMILES string of the molecule is CN1CCOc2cc(C3=C4N=C(N=c5ccn6sncc6c5)NN4C=CN3)cnc21. The number of fused-ring (bicyclic) bond motifs is 3. The van der Waals surface area contributed by atoms with Gasteiger partial charge in [0, 0.05) is 37.4 Å². The monoisotopic (exact) mass is 419 g/mol. The summed E-state index contributed by atoms with van der Waals surface area (Å²) in [4.78, 5) is 16.0. The van der Waals surface area contributed by atoms with E-state index in [1.54, 1.807) is 0 Å². The number of hydrazine groups is 1. The highest BCUT2D eigenvalue weighted by Gasteiger charge is 2.26. The van der Waals surface area contributed by atoms with E-state index in [1.165, 1.54) is 11.7 Å². The molecule has 6 heterocycles. The molecule has 0 aromatic carbocycles. The smallest absolute Gasteiger partial charge is 0.244 e. The molecule has 0 atom stereocenters. The molecule has 0 unspecified atom stereocenters. The summed E-state index contributed by atoms with van der Waals surface area (Å²) >= 11 is 1.39. The molecule has 0 saturated heterocycles. The molecule has 6 rings (SSSR count). The minimum atomic E-state index is 0.505. The van der Waals surface area contributed by atoms with Crippen LogP contribution in [0.5, 0.6) is 5.75 Å². The highest BCUT2D eigenvalue weighted by molar-refractivity contribution is 7.00. The number of rotatable bonds is 1. The van der Waals surface area contributed by atoms with Gasteiger partial charge >= 0.3 is 0 Å². The predicted octanol–water partition coefficient (Wildman–Crippen LogP) is 1.10. The number of nitrogens with zero attached hydrogens (tertiary/aromatic N) is 7. The Bertz CT molecular complexity index is 1320. The summed E-state index contributed by atoms with van der Waals surface area (Å²) in [7, 11) is 2.01. The van der Waals surface area contributed by atoms with Crippen LogP contribution in [-0.2, 0) is 0 Å². The maximum Gasteiger partial charge on any atom is 0.244 e. The minimum Gasteiger partial charge on any atom is -0.488 e. The minimum absolute atomic E-state index is 0.505. The maximum atomic E-state index is 5.80. The van der Waals surface area contributed by atoms with Crippen molar-refractivity contribution >= 4 is 34.7 Å². The number of likely N-dealkylation sites (N-methyl/N-ethyl adjacent to an activating group) is 1. The molecule has 0 aliphatic carbocycles. The zero-order chi connectivity index (χ0) is 20.1. The Morgan fingerprint density at radius 1 is 1.27 bits per heavy atom. The van der Waals surface area contributed by atoms with Gasteiger partial charge in [-0.2, -0.15) is 9.37 Å². The standard InChI is InChI=1S/C19H17N9OS/c1-26-6-7-29-15-8-12(10-21-17(15)26)16-18-24-19(25-27(18)5-3-20-16)23-13-2-4-28-14(9-13)11-22-30-28/h2-5,8-11,20H,6-7H2,1H3,(H,24,25). The number of aliphatic imine (C=N–C) groups is 1. The lowest BCUT2D eigenvalue weighted by Gasteiger charge is -2.27. The predicted molar refractivity (Wildman–Crippen MR) is 113 cm³/mol. The van der Waals surface area contributed by atoms with E-state index in [-0.39, 0.29) is 0 Å². The third-order valence-electron chi connectivity index (χ3n) is 4.99. The van der Waals surface area contributed by atoms with Crippen molar-refractivity contribution in [3.63, 3.8) is 0 Å². The van der Waals surface area contributed by atoms with Gasteiger partial charge in [-0.15, -0.1) is 0 Å². The van der Waals surface area contributed by atoms with Crippen molar-refractivity contribution in [1.29, 1.82) is 0 Å². The van der Waals surface area contributed by atoms with Crippen LogP contribution in [0.15, 0.2) is 65.0 Å². The van der Waals surface area contributed by atoms with Crippen molar-refractivity contribution in [3.05, 3.63) is 65.9 Å². The molecule has 3 aromatic rings. The molecular weight excluding hydrogens is 402 g/mol. The summed E-state index contributed by atoms with van der Waals surface area (Å²) in [6, 6.07) is 5.89. The van der Waals surface area contributed by atoms with Crippen molar-refractivity contribution in [1.82, 2.24) is 28.9 Å². The van der Waals surface area contributed by atoms with Gasteiger partial charge in [0.2, 0.25) is 5.96 Å². The largest absolute Gasteiger partial charge is 0.488 e. The Balaban J connectivity index is 1.40. The third-order valence-corrected chi connectivity index (χ3v) is 5.70. The van der Waals surface area contributed by atoms with Crippen LogP contribution in [-0.4, -0.2) is 44.3 Å². The van der Waals surface area contributed by atoms with Crippen molar-refractivity contribution in [3.8, 4) is 5.75 Å². The molecule has 0 bridgehead atoms. The number of anilines is 1. The molecule has 150 valence electrons. The maximum absolute atomic E-state index is 5.80. The van der Waals surface area contributed by atoms with Gasteiger partial charge in [0.25, 0.3) is 0 Å². The van der Waals surface area contributed by atoms with E-state index in [0.717, 1.165) is 46.1 Å². The first kappa shape index (κ1) is 17.0. The van der Waals surface area contributed by atoms with E-state index in [1.807, 2.05) is 65.0 Å². The Kier molecular flexibility index (Phi) is 3.74. The molecule has 0 spiro atoms. The second-order valence-electron chi connectivity index (χ2n) is 6.96. The number of ether oxygens (including phenoxy) is 1. The average molecular weight is 419 g/mol. The van der Waals surface area contributed by atoms with Crippen molar-refractivity contribution < 1.29 is 4.74 Å². The number of hydrogen-bond acceptors (Lipinski definition) is 10. The Labute approximate surface area is 175 Å². The summed E-state index contributed by atoms with van der Waals surface area (Å²) in [6.07, 6.45) is 9.29. The quantitative estimate of drug-likeness (QED) is 0.610. The highest BCUT2D eigenvalue weighted by atomic mass is 32.1. The van der Waals surface area contributed by atoms with Crippen LogP contribution in [0.25, 0.3) is 11.2 Å². The van der Waals surface area contributed by atoms with Gasteiger partial charge in [0.1, 0.15) is 6.61 Å². The molecule has 10 nitrogen and oxygen atoms in total. The van der Waals surface area contributed by atoms with Crippen molar-refractivity contribution in [2.45, 2.75) is 0 Å². The van der Waals surface area contributed by atoms with Gasteiger partial charge in [-0.3, -0.25) is 9.22 Å². The van der Waals surface area contributed by atoms with Gasteiger partial charge in [-0.05, 0) is 18.2 Å². The summed E-state index contributed by atoms with van der Waals surface area (Å²) in [5.74, 6) is 2.84. The average Bonchev–Trinajstić information content (AvgIpc) is 3.39. The number of hydrogen-bond donors (Lipinski definition) is 2. The van der Waals surface area contributed by atoms with E-state index in [4.69, 9.17) is 4.74 Å². The molecule has 0 fully saturated rings. The number of pyridine rings is 2. The van der Waals surface area contributed by atoms with Crippen LogP contribution in [0.1, 0.15) is 5.56 Å². The molecule has 2 N–H and O–H groups in total. The number of guanidine groups is 1. The van der Waals surface area contributed by atoms with Gasteiger partial charge in [-0.1, -0.05) is 0 Å². The molecule has 3 aromatic heterocycles. The second kappa shape index (κ2) is 6.59. The van der Waals surface area contributed by atoms with Crippen molar-refractivity contribution in [2.75, 3.05) is 25.1 Å². The van der Waals surface area contributed by atoms with Crippen LogP contribution in [0, 0.1) is 0 Å². The first-order valence-electron chi connectivity index (χ1n) is 9.39. The summed E-state index contributed by atoms with van der Waals surface area (Å²) in [6.45, 7) is 1.47. The van der Waals surface area contributed by atoms with Crippen LogP contribution in [0.3, 0.4) is 0 Å². The van der Waals surface area contributed by atoms with Crippen LogP contribution < -0.4 is 25.7 Å². The lowest BCUT2D eigenvalue weighted by atomic mass is 10.1. The Morgan fingerprint density at radius 2 is 2.23 bits per heavy atom. The fourth-order valence-electron chi connectivity index (χ4n) is 3.49. The highest BCUT2D eigenvalue weighted by Crippen LogP contribution is 2.33. The number of nitrogens with one attached hydrogen (secondary N) is 2. The van der Waals surface area contributed by atoms with Crippen LogP contribution in [0.2, 0.25) is 0 Å². The Hall–Kier alpha value is -3.86. The summed E-state index contributed by atoms with van der Waals surface area (Å²) in [5, 5.41) is 5.91. The van der Waals surface area contributed by atoms with Crippen LogP contribution in [0.4, 0.5) is 5.82 Å². The topological polar surface area (TPSA) is 94.7 Å². The fraction of sp³-hybridized carbons (Fsp3) is 0.158. The number of aromatic nitrogens is 3. The normalized spacial score (nSPS) is 18.0. The molecule has 11 heteroatoms. The molecule has 30 heavy (non-hydrogen) atoms. The third kappa shape index (κ3) is 2.78. The van der Waals surface area contributed by atoms with E-state index in [0.29, 0.717) is 12.6 Å². The van der Waals surface area contributed by atoms with Gasteiger partial charge < -0.3 is 15.0 Å². The van der Waals surface area contributed by atoms with E-state index >= 15 is 0 Å². The first-order chi connectivity index (χ1) is 14.7. The van der Waals surface area contributed by atoms with Crippen LogP contribution >= 0.6 is 11.7 Å². The first-order valence-corrected chi connectivity index (χ1v) is 10.1. The zero-order valence-corrected chi connectivity index (χ0v) is 16.8. The van der Waals surface area contributed by atoms with Gasteiger partial charge in [-0.25, -0.2) is 15.0 Å². The van der Waals surface area contributed by atoms with Gasteiger partial charge in [0.05, 0.1) is 41.0 Å². The molecule has 0 amide bonds. The molecule has 0 radical (unpaired) electrons. The molecule has 3 aliphatic heterocycles. The summed E-state index contributed by atoms with van der Waals surface area (Å²) < 4.78 is 12.0. The molecular formula is C19H17N9OS. The molecule has 3 aliphatic rings. The lowest BCUT2D eigenvalue weighted by Crippen LogP contribution is -2.34. The molecule has 0 saturated carbocycles. The Morgan fingerprint density at radius 3 is 3.20 bits per heavy atom. The lowest BCUT2D eigenvalue weighted by molar-refractivity contribution is 0.309. The zero-order valence-electron chi connectivity index (χ0n) is 16.0. The van der Waals surface area contributed by atoms with Crippen molar-refractivity contribution in [2.24, 2.45) is 9.98 Å². The fourth-order valence-corrected chi connectivity index (χ4v) is 4.06. The van der Waals surface area contributed by atoms with E-state index < -0.39 is 0 Å². The van der Waals surface area contributed by atoms with E-state index in [9.17, 15) is 0 Å². The van der Waals surface area contributed by atoms with Gasteiger partial charge in [0.15, 0.2) is 17.4 Å². The second-order valence-corrected chi connectivity index (χ2v) is 7.72. The van der Waals surface area contributed by atoms with E-state index in [2.05, 4.69) is 35.0 Å². The summed E-state index contributed by atoms with van der Waals surface area (Å²) in [5.41, 5.74) is 5.91.